The summed E-state index contributed by atoms with van der Waals surface area (Å²) in [5.41, 5.74) is 2.16. The van der Waals surface area contributed by atoms with Gasteiger partial charge in [-0.2, -0.15) is 0 Å². The number of rotatable bonds is 3. The van der Waals surface area contributed by atoms with Crippen molar-refractivity contribution in [2.45, 2.75) is 6.92 Å². The van der Waals surface area contributed by atoms with Crippen LogP contribution in [0.4, 0.5) is 11.4 Å². The van der Waals surface area contributed by atoms with Gasteiger partial charge in [0.1, 0.15) is 0 Å². The zero-order chi connectivity index (χ0) is 18.0. The molecule has 2 aromatic rings. The minimum Gasteiger partial charge on any atom is -0.326 e. The third-order valence-corrected chi connectivity index (χ3v) is 4.92. The minimum atomic E-state index is -0.178. The van der Waals surface area contributed by atoms with Crippen LogP contribution in [0.1, 0.15) is 12.5 Å². The quantitative estimate of drug-likeness (QED) is 0.611. The molecular weight excluding hydrogens is 376 g/mol. The Morgan fingerprint density at radius 3 is 2.60 bits per heavy atom. The van der Waals surface area contributed by atoms with Crippen LogP contribution in [0.5, 0.6) is 0 Å². The summed E-state index contributed by atoms with van der Waals surface area (Å²) in [6.07, 6.45) is 1.77. The molecule has 0 aromatic heterocycles. The number of hydrogen-bond donors (Lipinski definition) is 1. The topological polar surface area (TPSA) is 49.4 Å². The number of carbonyl (C=O) groups is 2. The third-order valence-electron chi connectivity index (χ3n) is 3.39. The lowest BCUT2D eigenvalue weighted by atomic mass is 10.2. The fourth-order valence-electron chi connectivity index (χ4n) is 2.34. The van der Waals surface area contributed by atoms with Gasteiger partial charge in [-0.05, 0) is 48.0 Å². The predicted molar refractivity (Wildman–Crippen MR) is 108 cm³/mol. The number of nitrogens with zero attached hydrogens (tertiary/aromatic N) is 1. The van der Waals surface area contributed by atoms with Gasteiger partial charge in [-0.3, -0.25) is 14.5 Å². The molecule has 1 fully saturated rings. The first-order valence-electron chi connectivity index (χ1n) is 7.35. The molecule has 0 bridgehead atoms. The second-order valence-corrected chi connectivity index (χ2v) is 7.41. The molecule has 0 atom stereocenters. The van der Waals surface area contributed by atoms with Crippen LogP contribution in [0.3, 0.4) is 0 Å². The van der Waals surface area contributed by atoms with Gasteiger partial charge in [0.25, 0.3) is 5.91 Å². The number of hydrogen-bond acceptors (Lipinski definition) is 4. The van der Waals surface area contributed by atoms with E-state index >= 15 is 0 Å². The van der Waals surface area contributed by atoms with E-state index in [4.69, 9.17) is 23.8 Å². The zero-order valence-electron chi connectivity index (χ0n) is 13.2. The van der Waals surface area contributed by atoms with Gasteiger partial charge in [0.15, 0.2) is 4.32 Å². The fourth-order valence-corrected chi connectivity index (χ4v) is 3.83. The Kier molecular flexibility index (Phi) is 5.22. The Balaban J connectivity index is 1.85. The van der Waals surface area contributed by atoms with Crippen LogP contribution in [0.15, 0.2) is 53.4 Å². The summed E-state index contributed by atoms with van der Waals surface area (Å²) in [6.45, 7) is 1.44. The van der Waals surface area contributed by atoms with Crippen molar-refractivity contribution in [1.29, 1.82) is 0 Å². The second-order valence-electron chi connectivity index (χ2n) is 5.30. The van der Waals surface area contributed by atoms with Gasteiger partial charge >= 0.3 is 0 Å². The van der Waals surface area contributed by atoms with Crippen molar-refractivity contribution in [3.8, 4) is 0 Å². The first-order chi connectivity index (χ1) is 11.9. The van der Waals surface area contributed by atoms with Gasteiger partial charge in [0.05, 0.1) is 10.6 Å². The van der Waals surface area contributed by atoms with E-state index in [1.54, 1.807) is 42.5 Å². The van der Waals surface area contributed by atoms with E-state index in [9.17, 15) is 9.59 Å². The summed E-state index contributed by atoms with van der Waals surface area (Å²) in [7, 11) is 0. The lowest BCUT2D eigenvalue weighted by Gasteiger charge is -2.15. The van der Waals surface area contributed by atoms with Crippen molar-refractivity contribution in [3.63, 3.8) is 0 Å². The standard InChI is InChI=1S/C18H13ClN2O2S2/c1-11(22)20-14-5-7-15(8-6-14)21-17(23)16(25-18(21)24)10-12-3-2-4-13(19)9-12/h2-10H,1H3,(H,20,22)/b16-10-. The number of nitrogens with one attached hydrogen (secondary N) is 1. The summed E-state index contributed by atoms with van der Waals surface area (Å²) in [5.74, 6) is -0.329. The van der Waals surface area contributed by atoms with Crippen LogP contribution < -0.4 is 10.2 Å². The van der Waals surface area contributed by atoms with Crippen molar-refractivity contribution in [3.05, 3.63) is 64.0 Å². The third kappa shape index (κ3) is 4.10. The molecule has 1 heterocycles. The maximum atomic E-state index is 12.7. The van der Waals surface area contributed by atoms with Gasteiger partial charge in [-0.15, -0.1) is 0 Å². The van der Waals surface area contributed by atoms with Gasteiger partial charge in [0.2, 0.25) is 5.91 Å². The maximum absolute atomic E-state index is 12.7. The molecule has 7 heteroatoms. The summed E-state index contributed by atoms with van der Waals surface area (Å²) >= 11 is 12.6. The number of thiocarbonyl (C=S) groups is 1. The average Bonchev–Trinajstić information content (AvgIpc) is 2.82. The zero-order valence-corrected chi connectivity index (χ0v) is 15.5. The Morgan fingerprint density at radius 2 is 1.96 bits per heavy atom. The highest BCUT2D eigenvalue weighted by Crippen LogP contribution is 2.36. The Labute approximate surface area is 159 Å². The molecule has 1 aliphatic heterocycles. The van der Waals surface area contributed by atoms with Crippen molar-refractivity contribution in [2.24, 2.45) is 0 Å². The average molecular weight is 389 g/mol. The van der Waals surface area contributed by atoms with E-state index in [1.807, 2.05) is 12.1 Å². The van der Waals surface area contributed by atoms with Crippen LogP contribution >= 0.6 is 35.6 Å². The molecule has 25 heavy (non-hydrogen) atoms. The van der Waals surface area contributed by atoms with Crippen LogP contribution in [0.25, 0.3) is 6.08 Å². The van der Waals surface area contributed by atoms with Crippen molar-refractivity contribution in [1.82, 2.24) is 0 Å². The van der Waals surface area contributed by atoms with Crippen LogP contribution in [-0.2, 0) is 9.59 Å². The number of halogens is 1. The van der Waals surface area contributed by atoms with Crippen molar-refractivity contribution >= 4 is 69.2 Å². The Bertz CT molecular complexity index is 894. The van der Waals surface area contributed by atoms with Gasteiger partial charge in [-0.1, -0.05) is 47.7 Å². The number of carbonyl (C=O) groups excluding carboxylic acids is 2. The first-order valence-corrected chi connectivity index (χ1v) is 8.95. The number of benzene rings is 2. The highest BCUT2D eigenvalue weighted by Gasteiger charge is 2.33. The monoisotopic (exact) mass is 388 g/mol. The van der Waals surface area contributed by atoms with E-state index in [2.05, 4.69) is 5.32 Å². The number of anilines is 2. The molecule has 2 aromatic carbocycles. The second kappa shape index (κ2) is 7.39. The van der Waals surface area contributed by atoms with E-state index in [-0.39, 0.29) is 11.8 Å². The lowest BCUT2D eigenvalue weighted by molar-refractivity contribution is -0.114. The molecule has 0 aliphatic carbocycles. The first kappa shape index (κ1) is 17.7. The molecule has 4 nitrogen and oxygen atoms in total. The van der Waals surface area contributed by atoms with E-state index < -0.39 is 0 Å². The van der Waals surface area contributed by atoms with E-state index in [0.717, 1.165) is 5.56 Å². The predicted octanol–water partition coefficient (Wildman–Crippen LogP) is 4.70. The summed E-state index contributed by atoms with van der Waals surface area (Å²) in [4.78, 5) is 25.8. The van der Waals surface area contributed by atoms with Crippen LogP contribution in [0.2, 0.25) is 5.02 Å². The summed E-state index contributed by atoms with van der Waals surface area (Å²) < 4.78 is 0.463. The molecule has 0 spiro atoms. The summed E-state index contributed by atoms with van der Waals surface area (Å²) in [6, 6.07) is 14.2. The molecule has 126 valence electrons. The smallest absolute Gasteiger partial charge is 0.270 e. The fraction of sp³-hybridized carbons (Fsp3) is 0.0556. The molecule has 0 radical (unpaired) electrons. The van der Waals surface area contributed by atoms with Crippen molar-refractivity contribution in [2.75, 3.05) is 10.2 Å². The molecule has 3 rings (SSSR count). The highest BCUT2D eigenvalue weighted by atomic mass is 35.5. The Hall–Kier alpha value is -2.15. The molecular formula is C18H13ClN2O2S2. The maximum Gasteiger partial charge on any atom is 0.270 e. The van der Waals surface area contributed by atoms with Gasteiger partial charge in [-0.25, -0.2) is 0 Å². The van der Waals surface area contributed by atoms with E-state index in [0.29, 0.717) is 25.6 Å². The van der Waals surface area contributed by atoms with E-state index in [1.165, 1.54) is 23.6 Å². The summed E-state index contributed by atoms with van der Waals surface area (Å²) in [5, 5.41) is 3.30. The molecule has 0 unspecified atom stereocenters. The lowest BCUT2D eigenvalue weighted by Crippen LogP contribution is -2.27. The molecule has 1 saturated heterocycles. The van der Waals surface area contributed by atoms with Crippen LogP contribution in [0, 0.1) is 0 Å². The molecule has 0 saturated carbocycles. The highest BCUT2D eigenvalue weighted by molar-refractivity contribution is 8.27. The SMILES string of the molecule is CC(=O)Nc1ccc(N2C(=O)/C(=C/c3cccc(Cl)c3)SC2=S)cc1. The van der Waals surface area contributed by atoms with Crippen molar-refractivity contribution < 1.29 is 9.59 Å². The molecule has 1 aliphatic rings. The van der Waals surface area contributed by atoms with Gasteiger partial charge < -0.3 is 5.32 Å². The normalized spacial score (nSPS) is 15.8. The van der Waals surface area contributed by atoms with Gasteiger partial charge in [0, 0.05) is 17.6 Å². The molecule has 2 amide bonds. The molecule has 1 N–H and O–H groups in total. The number of amides is 2. The Morgan fingerprint density at radius 1 is 1.24 bits per heavy atom. The van der Waals surface area contributed by atoms with Crippen LogP contribution in [-0.4, -0.2) is 16.1 Å². The minimum absolute atomic E-state index is 0.150. The number of thioether (sulfide) groups is 1. The largest absolute Gasteiger partial charge is 0.326 e.